The first-order chi connectivity index (χ1) is 4.74. The van der Waals surface area contributed by atoms with E-state index in [9.17, 15) is 0 Å². The molecule has 3 nitrogen and oxygen atoms in total. The van der Waals surface area contributed by atoms with Crippen LogP contribution in [0.5, 0.6) is 0 Å². The number of rotatable bonds is 2. The highest BCUT2D eigenvalue weighted by Gasteiger charge is 2.00. The Morgan fingerprint density at radius 2 is 2.50 bits per heavy atom. The first-order valence-electron chi connectivity index (χ1n) is 2.91. The zero-order chi connectivity index (χ0) is 7.56. The number of nitrogens with zero attached hydrogens (tertiary/aromatic N) is 2. The SMILES string of the molecule is COCc1cc(Br)nn1C. The molecule has 0 amide bonds. The van der Waals surface area contributed by atoms with Gasteiger partial charge in [0.25, 0.3) is 0 Å². The Balaban J connectivity index is 2.81. The fourth-order valence-corrected chi connectivity index (χ4v) is 1.25. The standard InChI is InChI=1S/C6H9BrN2O/c1-9-5(4-10-2)3-6(7)8-9/h3H,4H2,1-2H3. The molecule has 4 heteroatoms. The van der Waals surface area contributed by atoms with Crippen LogP contribution in [-0.4, -0.2) is 16.9 Å². The molecular weight excluding hydrogens is 196 g/mol. The van der Waals surface area contributed by atoms with Gasteiger partial charge in [0.15, 0.2) is 0 Å². The molecule has 1 heterocycles. The summed E-state index contributed by atoms with van der Waals surface area (Å²) in [6.45, 7) is 0.606. The molecule has 1 rings (SSSR count). The zero-order valence-electron chi connectivity index (χ0n) is 5.97. The van der Waals surface area contributed by atoms with Gasteiger partial charge in [0.2, 0.25) is 0 Å². The highest BCUT2D eigenvalue weighted by atomic mass is 79.9. The van der Waals surface area contributed by atoms with Crippen LogP contribution in [0.15, 0.2) is 10.7 Å². The molecule has 0 atom stereocenters. The van der Waals surface area contributed by atoms with E-state index < -0.39 is 0 Å². The smallest absolute Gasteiger partial charge is 0.128 e. The zero-order valence-corrected chi connectivity index (χ0v) is 7.55. The second kappa shape index (κ2) is 3.16. The van der Waals surface area contributed by atoms with Gasteiger partial charge in [-0.05, 0) is 22.0 Å². The van der Waals surface area contributed by atoms with Crippen molar-refractivity contribution in [3.8, 4) is 0 Å². The molecule has 0 fully saturated rings. The van der Waals surface area contributed by atoms with E-state index in [1.807, 2.05) is 13.1 Å². The van der Waals surface area contributed by atoms with E-state index in [1.54, 1.807) is 11.8 Å². The monoisotopic (exact) mass is 204 g/mol. The lowest BCUT2D eigenvalue weighted by Gasteiger charge is -1.96. The van der Waals surface area contributed by atoms with E-state index in [4.69, 9.17) is 4.74 Å². The lowest BCUT2D eigenvalue weighted by molar-refractivity contribution is 0.178. The first-order valence-corrected chi connectivity index (χ1v) is 3.70. The first kappa shape index (κ1) is 7.75. The largest absolute Gasteiger partial charge is 0.378 e. The van der Waals surface area contributed by atoms with E-state index in [0.29, 0.717) is 6.61 Å². The van der Waals surface area contributed by atoms with Crippen molar-refractivity contribution in [1.29, 1.82) is 0 Å². The number of methoxy groups -OCH3 is 1. The second-order valence-electron chi connectivity index (χ2n) is 2.02. The van der Waals surface area contributed by atoms with Crippen LogP contribution in [-0.2, 0) is 18.4 Å². The average molecular weight is 205 g/mol. The van der Waals surface area contributed by atoms with Gasteiger partial charge in [-0.2, -0.15) is 5.10 Å². The van der Waals surface area contributed by atoms with Gasteiger partial charge in [-0.1, -0.05) is 0 Å². The maximum atomic E-state index is 4.94. The van der Waals surface area contributed by atoms with Crippen LogP contribution in [0.2, 0.25) is 0 Å². The number of ether oxygens (including phenoxy) is 1. The van der Waals surface area contributed by atoms with Crippen molar-refractivity contribution >= 4 is 15.9 Å². The van der Waals surface area contributed by atoms with E-state index in [-0.39, 0.29) is 0 Å². The third-order valence-corrected chi connectivity index (χ3v) is 1.63. The molecule has 0 N–H and O–H groups in total. The Hall–Kier alpha value is -0.350. The molecule has 0 aromatic carbocycles. The highest BCUT2D eigenvalue weighted by Crippen LogP contribution is 2.09. The molecule has 0 radical (unpaired) electrons. The van der Waals surface area contributed by atoms with E-state index in [0.717, 1.165) is 10.3 Å². The van der Waals surface area contributed by atoms with Crippen molar-refractivity contribution < 1.29 is 4.74 Å². The number of aromatic nitrogens is 2. The van der Waals surface area contributed by atoms with Gasteiger partial charge >= 0.3 is 0 Å². The summed E-state index contributed by atoms with van der Waals surface area (Å²) in [5.74, 6) is 0. The summed E-state index contributed by atoms with van der Waals surface area (Å²) in [5, 5.41) is 4.08. The van der Waals surface area contributed by atoms with Crippen molar-refractivity contribution in [3.05, 3.63) is 16.4 Å². The fourth-order valence-electron chi connectivity index (χ4n) is 0.750. The summed E-state index contributed by atoms with van der Waals surface area (Å²) in [7, 11) is 3.56. The predicted octanol–water partition coefficient (Wildman–Crippen LogP) is 1.33. The normalized spacial score (nSPS) is 10.3. The summed E-state index contributed by atoms with van der Waals surface area (Å²) >= 11 is 3.27. The van der Waals surface area contributed by atoms with Crippen LogP contribution < -0.4 is 0 Å². The molecule has 56 valence electrons. The summed E-state index contributed by atoms with van der Waals surface area (Å²) in [5.41, 5.74) is 1.06. The molecule has 0 bridgehead atoms. The molecule has 0 aliphatic heterocycles. The Kier molecular flexibility index (Phi) is 2.45. The molecule has 1 aromatic rings. The Morgan fingerprint density at radius 1 is 1.80 bits per heavy atom. The maximum absolute atomic E-state index is 4.94. The Bertz CT molecular complexity index is 222. The van der Waals surface area contributed by atoms with Crippen LogP contribution in [0.1, 0.15) is 5.69 Å². The van der Waals surface area contributed by atoms with Gasteiger partial charge in [-0.15, -0.1) is 0 Å². The van der Waals surface area contributed by atoms with E-state index in [2.05, 4.69) is 21.0 Å². The number of hydrogen-bond acceptors (Lipinski definition) is 2. The van der Waals surface area contributed by atoms with Crippen molar-refractivity contribution in [3.63, 3.8) is 0 Å². The molecule has 0 aliphatic rings. The lowest BCUT2D eigenvalue weighted by Crippen LogP contribution is -1.98. The molecule has 0 unspecified atom stereocenters. The molecular formula is C6H9BrN2O. The fraction of sp³-hybridized carbons (Fsp3) is 0.500. The lowest BCUT2D eigenvalue weighted by atomic mass is 10.5. The third-order valence-electron chi connectivity index (χ3n) is 1.24. The van der Waals surface area contributed by atoms with Crippen LogP contribution in [0.3, 0.4) is 0 Å². The van der Waals surface area contributed by atoms with E-state index >= 15 is 0 Å². The van der Waals surface area contributed by atoms with Crippen LogP contribution >= 0.6 is 15.9 Å². The summed E-state index contributed by atoms with van der Waals surface area (Å²) in [6, 6.07) is 1.93. The van der Waals surface area contributed by atoms with Crippen LogP contribution in [0.25, 0.3) is 0 Å². The second-order valence-corrected chi connectivity index (χ2v) is 2.83. The van der Waals surface area contributed by atoms with Gasteiger partial charge in [0.1, 0.15) is 4.60 Å². The number of hydrogen-bond donors (Lipinski definition) is 0. The minimum atomic E-state index is 0.606. The average Bonchev–Trinajstić information content (AvgIpc) is 2.13. The molecule has 0 spiro atoms. The molecule has 0 saturated carbocycles. The third kappa shape index (κ3) is 1.58. The van der Waals surface area contributed by atoms with Gasteiger partial charge in [-0.25, -0.2) is 0 Å². The molecule has 10 heavy (non-hydrogen) atoms. The molecule has 0 saturated heterocycles. The van der Waals surface area contributed by atoms with Gasteiger partial charge in [0, 0.05) is 14.2 Å². The van der Waals surface area contributed by atoms with Crippen LogP contribution in [0, 0.1) is 0 Å². The van der Waals surface area contributed by atoms with Gasteiger partial charge < -0.3 is 4.74 Å². The van der Waals surface area contributed by atoms with Gasteiger partial charge in [0.05, 0.1) is 12.3 Å². The quantitative estimate of drug-likeness (QED) is 0.728. The Morgan fingerprint density at radius 3 is 2.90 bits per heavy atom. The number of aryl methyl sites for hydroxylation is 1. The minimum Gasteiger partial charge on any atom is -0.378 e. The van der Waals surface area contributed by atoms with E-state index in [1.165, 1.54) is 0 Å². The maximum Gasteiger partial charge on any atom is 0.128 e. The Labute approximate surface area is 68.1 Å². The van der Waals surface area contributed by atoms with Crippen molar-refractivity contribution in [2.24, 2.45) is 7.05 Å². The van der Waals surface area contributed by atoms with Crippen molar-refractivity contribution in [2.45, 2.75) is 6.61 Å². The highest BCUT2D eigenvalue weighted by molar-refractivity contribution is 9.10. The van der Waals surface area contributed by atoms with Gasteiger partial charge in [-0.3, -0.25) is 4.68 Å². The topological polar surface area (TPSA) is 27.1 Å². The number of halogens is 1. The summed E-state index contributed by atoms with van der Waals surface area (Å²) in [6.07, 6.45) is 0. The summed E-state index contributed by atoms with van der Waals surface area (Å²) < 4.78 is 7.57. The minimum absolute atomic E-state index is 0.606. The van der Waals surface area contributed by atoms with Crippen molar-refractivity contribution in [2.75, 3.05) is 7.11 Å². The van der Waals surface area contributed by atoms with Crippen molar-refractivity contribution in [1.82, 2.24) is 9.78 Å². The van der Waals surface area contributed by atoms with Crippen LogP contribution in [0.4, 0.5) is 0 Å². The summed E-state index contributed by atoms with van der Waals surface area (Å²) in [4.78, 5) is 0. The predicted molar refractivity (Wildman–Crippen MR) is 41.6 cm³/mol. The molecule has 1 aromatic heterocycles. The molecule has 0 aliphatic carbocycles.